The van der Waals surface area contributed by atoms with Crippen LogP contribution < -0.4 is 19.5 Å². The monoisotopic (exact) mass is 545 g/mol. The Bertz CT molecular complexity index is 1340. The Morgan fingerprint density at radius 2 is 1.73 bits per heavy atom. The zero-order valence-electron chi connectivity index (χ0n) is 23.9. The van der Waals surface area contributed by atoms with Crippen LogP contribution in [0.4, 0.5) is 0 Å². The van der Waals surface area contributed by atoms with Crippen LogP contribution in [0.5, 0.6) is 17.2 Å². The van der Waals surface area contributed by atoms with Crippen LogP contribution in [0, 0.1) is 0 Å². The van der Waals surface area contributed by atoms with Crippen molar-refractivity contribution in [3.05, 3.63) is 76.1 Å². The molecule has 2 aromatic carbocycles. The van der Waals surface area contributed by atoms with E-state index >= 15 is 0 Å². The number of ketones is 1. The molecule has 0 spiro atoms. The SMILES string of the molecule is CCOc1cccc([C@@H]2C(C(=O)OC3CCCCC3)=C(C)NC3=C2C(=O)C[C@@H](c2ccc(OC)c(OC)c2)C3)c1. The number of benzene rings is 2. The lowest BCUT2D eigenvalue weighted by Gasteiger charge is -2.37. The standard InChI is InChI=1S/C33H39NO6/c1-5-39-25-13-9-10-22(16-25)31-30(33(36)40-24-11-7-6-8-12-24)20(2)34-26-17-23(18-27(35)32(26)31)21-14-15-28(37-3)29(19-21)38-4/h9-10,13-16,19,23-24,31,34H,5-8,11-12,17-18H2,1-4H3/t23-,31+/m0/s1. The number of Topliss-reactive ketones (excluding diaryl/α,β-unsaturated/α-hetero) is 1. The number of esters is 1. The molecule has 7 heteroatoms. The molecular formula is C33H39NO6. The van der Waals surface area contributed by atoms with Gasteiger partial charge in [0.15, 0.2) is 17.3 Å². The predicted molar refractivity (Wildman–Crippen MR) is 153 cm³/mol. The van der Waals surface area contributed by atoms with Crippen molar-refractivity contribution in [1.82, 2.24) is 5.32 Å². The Hall–Kier alpha value is -3.74. The zero-order valence-corrected chi connectivity index (χ0v) is 23.9. The van der Waals surface area contributed by atoms with Gasteiger partial charge in [-0.05, 0) is 87.3 Å². The number of nitrogens with one attached hydrogen (secondary N) is 1. The van der Waals surface area contributed by atoms with Crippen LogP contribution in [-0.2, 0) is 14.3 Å². The second kappa shape index (κ2) is 12.2. The third-order valence-electron chi connectivity index (χ3n) is 8.25. The maximum absolute atomic E-state index is 14.0. The number of allylic oxidation sites excluding steroid dienone is 3. The topological polar surface area (TPSA) is 83.1 Å². The fourth-order valence-corrected chi connectivity index (χ4v) is 6.33. The Kier molecular flexibility index (Phi) is 8.48. The van der Waals surface area contributed by atoms with Crippen LogP contribution in [-0.4, -0.2) is 38.7 Å². The summed E-state index contributed by atoms with van der Waals surface area (Å²) in [4.78, 5) is 27.7. The minimum atomic E-state index is -0.522. The van der Waals surface area contributed by atoms with E-state index in [-0.39, 0.29) is 23.8 Å². The predicted octanol–water partition coefficient (Wildman–Crippen LogP) is 6.34. The highest BCUT2D eigenvalue weighted by molar-refractivity contribution is 6.04. The van der Waals surface area contributed by atoms with Gasteiger partial charge in [0.05, 0.1) is 26.4 Å². The van der Waals surface area contributed by atoms with Crippen molar-refractivity contribution >= 4 is 11.8 Å². The number of carbonyl (C=O) groups is 2. The third-order valence-corrected chi connectivity index (χ3v) is 8.25. The van der Waals surface area contributed by atoms with Crippen molar-refractivity contribution < 1.29 is 28.5 Å². The molecule has 2 aliphatic carbocycles. The van der Waals surface area contributed by atoms with Crippen LogP contribution in [0.2, 0.25) is 0 Å². The van der Waals surface area contributed by atoms with Gasteiger partial charge in [0.1, 0.15) is 11.9 Å². The first-order valence-electron chi connectivity index (χ1n) is 14.3. The van der Waals surface area contributed by atoms with Crippen molar-refractivity contribution in [2.45, 2.75) is 76.7 Å². The highest BCUT2D eigenvalue weighted by atomic mass is 16.5. The van der Waals surface area contributed by atoms with Gasteiger partial charge in [-0.1, -0.05) is 24.6 Å². The average Bonchev–Trinajstić information content (AvgIpc) is 2.96. The minimum Gasteiger partial charge on any atom is -0.494 e. The molecule has 0 saturated heterocycles. The molecule has 3 aliphatic rings. The molecule has 40 heavy (non-hydrogen) atoms. The summed E-state index contributed by atoms with van der Waals surface area (Å²) in [6.45, 7) is 4.37. The molecular weight excluding hydrogens is 506 g/mol. The highest BCUT2D eigenvalue weighted by Crippen LogP contribution is 2.47. The van der Waals surface area contributed by atoms with E-state index in [2.05, 4.69) is 5.32 Å². The molecule has 1 fully saturated rings. The van der Waals surface area contributed by atoms with Gasteiger partial charge in [-0.15, -0.1) is 0 Å². The van der Waals surface area contributed by atoms with Gasteiger partial charge in [-0.3, -0.25) is 4.79 Å². The molecule has 0 amide bonds. The van der Waals surface area contributed by atoms with E-state index in [9.17, 15) is 9.59 Å². The largest absolute Gasteiger partial charge is 0.494 e. The molecule has 2 aromatic rings. The lowest BCUT2D eigenvalue weighted by molar-refractivity contribution is -0.146. The number of dihydropyridines is 1. The summed E-state index contributed by atoms with van der Waals surface area (Å²) in [6, 6.07) is 13.5. The molecule has 5 rings (SSSR count). The summed E-state index contributed by atoms with van der Waals surface area (Å²) in [5, 5.41) is 3.46. The first-order valence-corrected chi connectivity index (χ1v) is 14.3. The van der Waals surface area contributed by atoms with Crippen LogP contribution >= 0.6 is 0 Å². The Morgan fingerprint density at radius 3 is 2.45 bits per heavy atom. The van der Waals surface area contributed by atoms with E-state index in [1.54, 1.807) is 14.2 Å². The summed E-state index contributed by atoms with van der Waals surface area (Å²) in [7, 11) is 3.22. The number of hydrogen-bond acceptors (Lipinski definition) is 7. The van der Waals surface area contributed by atoms with Crippen molar-refractivity contribution in [1.29, 1.82) is 0 Å². The number of carbonyl (C=O) groups excluding carboxylic acids is 2. The van der Waals surface area contributed by atoms with Gasteiger partial charge < -0.3 is 24.3 Å². The van der Waals surface area contributed by atoms with Gasteiger partial charge in [-0.2, -0.15) is 0 Å². The fraction of sp³-hybridized carbons (Fsp3) is 0.455. The highest BCUT2D eigenvalue weighted by Gasteiger charge is 2.42. The van der Waals surface area contributed by atoms with E-state index in [1.165, 1.54) is 6.42 Å². The quantitative estimate of drug-likeness (QED) is 0.388. The molecule has 1 heterocycles. The number of hydrogen-bond donors (Lipinski definition) is 1. The second-order valence-corrected chi connectivity index (χ2v) is 10.8. The molecule has 1 aliphatic heterocycles. The first kappa shape index (κ1) is 27.8. The lowest BCUT2D eigenvalue weighted by Crippen LogP contribution is -2.37. The smallest absolute Gasteiger partial charge is 0.337 e. The van der Waals surface area contributed by atoms with Crippen LogP contribution in [0.15, 0.2) is 65.0 Å². The van der Waals surface area contributed by atoms with Crippen LogP contribution in [0.3, 0.4) is 0 Å². The van der Waals surface area contributed by atoms with E-state index in [0.29, 0.717) is 47.8 Å². The average molecular weight is 546 g/mol. The maximum atomic E-state index is 14.0. The van der Waals surface area contributed by atoms with E-state index < -0.39 is 5.92 Å². The van der Waals surface area contributed by atoms with Gasteiger partial charge >= 0.3 is 5.97 Å². The van der Waals surface area contributed by atoms with Gasteiger partial charge in [-0.25, -0.2) is 4.79 Å². The first-order chi connectivity index (χ1) is 19.4. The molecule has 1 N–H and O–H groups in total. The normalized spacial score (nSPS) is 21.4. The van der Waals surface area contributed by atoms with Crippen LogP contribution in [0.25, 0.3) is 0 Å². The molecule has 1 saturated carbocycles. The third kappa shape index (κ3) is 5.60. The molecule has 2 atom stereocenters. The summed E-state index contributed by atoms with van der Waals surface area (Å²) >= 11 is 0. The number of ether oxygens (including phenoxy) is 4. The summed E-state index contributed by atoms with van der Waals surface area (Å²) in [6.07, 6.45) is 5.98. The van der Waals surface area contributed by atoms with Gasteiger partial charge in [0.2, 0.25) is 0 Å². The summed E-state index contributed by atoms with van der Waals surface area (Å²) in [5.41, 5.74) is 4.61. The van der Waals surface area contributed by atoms with Gasteiger partial charge in [0, 0.05) is 29.3 Å². The molecule has 0 bridgehead atoms. The summed E-state index contributed by atoms with van der Waals surface area (Å²) < 4.78 is 22.8. The number of rotatable bonds is 8. The summed E-state index contributed by atoms with van der Waals surface area (Å²) in [5.74, 6) is 1.13. The zero-order chi connectivity index (χ0) is 28.2. The molecule has 212 valence electrons. The minimum absolute atomic E-state index is 0.0239. The van der Waals surface area contributed by atoms with Crippen molar-refractivity contribution in [3.63, 3.8) is 0 Å². The Balaban J connectivity index is 1.53. The second-order valence-electron chi connectivity index (χ2n) is 10.8. The van der Waals surface area contributed by atoms with Crippen LogP contribution in [0.1, 0.15) is 81.8 Å². The van der Waals surface area contributed by atoms with E-state index in [1.807, 2.05) is 56.3 Å². The number of methoxy groups -OCH3 is 2. The molecule has 0 radical (unpaired) electrons. The Morgan fingerprint density at radius 1 is 0.950 bits per heavy atom. The maximum Gasteiger partial charge on any atom is 0.337 e. The lowest BCUT2D eigenvalue weighted by atomic mass is 9.71. The molecule has 0 unspecified atom stereocenters. The van der Waals surface area contributed by atoms with Crippen molar-refractivity contribution in [2.75, 3.05) is 20.8 Å². The van der Waals surface area contributed by atoms with E-state index in [0.717, 1.165) is 48.2 Å². The molecule has 7 nitrogen and oxygen atoms in total. The van der Waals surface area contributed by atoms with Gasteiger partial charge in [0.25, 0.3) is 0 Å². The molecule has 0 aromatic heterocycles. The van der Waals surface area contributed by atoms with Crippen molar-refractivity contribution in [2.24, 2.45) is 0 Å². The fourth-order valence-electron chi connectivity index (χ4n) is 6.33. The van der Waals surface area contributed by atoms with E-state index in [4.69, 9.17) is 18.9 Å². The van der Waals surface area contributed by atoms with Crippen molar-refractivity contribution in [3.8, 4) is 17.2 Å². The Labute approximate surface area is 236 Å².